The molecule has 0 unspecified atom stereocenters. The highest BCUT2D eigenvalue weighted by Crippen LogP contribution is 2.46. The zero-order valence-electron chi connectivity index (χ0n) is 23.7. The molecule has 4 N–H and O–H groups in total. The lowest BCUT2D eigenvalue weighted by molar-refractivity contribution is 0.311. The predicted octanol–water partition coefficient (Wildman–Crippen LogP) is 5.82. The van der Waals surface area contributed by atoms with Gasteiger partial charge in [0.25, 0.3) is 0 Å². The standard InChI is InChI=1S/C30H28ClF2N9S/c1-15(16-5-4-8-37-27(16)35)41(3)29-18-13-20(31)23(17-6-7-21(32)26-22(17)19(14-34)28(36)43-26)24(33)25(18)38-30(39-29)42-11-9-40(2)10-12-42/h4-8,13,15H,9-12,36H2,1-3H3,(H2,35,37)/t15-/m1/s1. The Morgan fingerprint density at radius 3 is 2.58 bits per heavy atom. The number of anilines is 4. The first-order valence-corrected chi connectivity index (χ1v) is 14.8. The van der Waals surface area contributed by atoms with Crippen LogP contribution in [-0.2, 0) is 0 Å². The van der Waals surface area contributed by atoms with Crippen molar-refractivity contribution >= 4 is 66.5 Å². The average molecular weight is 620 g/mol. The van der Waals surface area contributed by atoms with Crippen molar-refractivity contribution in [3.63, 3.8) is 0 Å². The van der Waals surface area contributed by atoms with Crippen LogP contribution in [0.25, 0.3) is 32.1 Å². The van der Waals surface area contributed by atoms with Crippen LogP contribution in [0.1, 0.15) is 24.1 Å². The summed E-state index contributed by atoms with van der Waals surface area (Å²) in [7, 11) is 3.89. The van der Waals surface area contributed by atoms with E-state index in [1.165, 1.54) is 12.1 Å². The summed E-state index contributed by atoms with van der Waals surface area (Å²) in [6.07, 6.45) is 1.62. The zero-order valence-corrected chi connectivity index (χ0v) is 25.3. The molecule has 43 heavy (non-hydrogen) atoms. The van der Waals surface area contributed by atoms with Crippen LogP contribution in [0.15, 0.2) is 36.5 Å². The quantitative estimate of drug-likeness (QED) is 0.250. The van der Waals surface area contributed by atoms with Crippen LogP contribution >= 0.6 is 22.9 Å². The number of hydrogen-bond acceptors (Lipinski definition) is 10. The highest BCUT2D eigenvalue weighted by Gasteiger charge is 2.28. The Hall–Kier alpha value is -4.31. The fraction of sp³-hybridized carbons (Fsp3) is 0.267. The maximum atomic E-state index is 16.9. The lowest BCUT2D eigenvalue weighted by atomic mass is 9.97. The maximum absolute atomic E-state index is 16.9. The minimum absolute atomic E-state index is 0.00893. The van der Waals surface area contributed by atoms with Gasteiger partial charge in [-0.15, -0.1) is 11.3 Å². The number of halogens is 3. The number of piperazine rings is 1. The number of thiophene rings is 1. The molecule has 9 nitrogen and oxygen atoms in total. The number of aromatic nitrogens is 3. The number of nitrogens with two attached hydrogens (primary N) is 2. The minimum Gasteiger partial charge on any atom is -0.389 e. The molecule has 0 saturated carbocycles. The number of fused-ring (bicyclic) bond motifs is 2. The molecule has 220 valence electrons. The first-order valence-electron chi connectivity index (χ1n) is 13.6. The van der Waals surface area contributed by atoms with E-state index in [9.17, 15) is 9.65 Å². The number of nitrogens with zero attached hydrogens (tertiary/aromatic N) is 7. The van der Waals surface area contributed by atoms with Gasteiger partial charge in [-0.2, -0.15) is 10.2 Å². The summed E-state index contributed by atoms with van der Waals surface area (Å²) in [5.41, 5.74) is 13.4. The second-order valence-electron chi connectivity index (χ2n) is 10.6. The lowest BCUT2D eigenvalue weighted by Crippen LogP contribution is -2.45. The van der Waals surface area contributed by atoms with E-state index in [4.69, 9.17) is 33.0 Å². The molecular formula is C30H28ClF2N9S. The Balaban J connectivity index is 1.61. The molecule has 6 rings (SSSR count). The van der Waals surface area contributed by atoms with Crippen LogP contribution in [0, 0.1) is 23.0 Å². The molecule has 1 saturated heterocycles. The summed E-state index contributed by atoms with van der Waals surface area (Å²) in [6, 6.07) is 9.72. The lowest BCUT2D eigenvalue weighted by Gasteiger charge is -2.34. The van der Waals surface area contributed by atoms with E-state index in [0.717, 1.165) is 30.0 Å². The van der Waals surface area contributed by atoms with Crippen molar-refractivity contribution in [1.82, 2.24) is 19.9 Å². The fourth-order valence-electron chi connectivity index (χ4n) is 5.52. The van der Waals surface area contributed by atoms with Gasteiger partial charge in [-0.1, -0.05) is 23.7 Å². The number of nitrogen functional groups attached to an aromatic ring is 2. The van der Waals surface area contributed by atoms with Gasteiger partial charge in [0.1, 0.15) is 34.0 Å². The van der Waals surface area contributed by atoms with Crippen LogP contribution < -0.4 is 21.3 Å². The first kappa shape index (κ1) is 28.8. The molecular weight excluding hydrogens is 592 g/mol. The molecule has 0 spiro atoms. The third-order valence-electron chi connectivity index (χ3n) is 8.07. The summed E-state index contributed by atoms with van der Waals surface area (Å²) in [5, 5.41) is 10.6. The molecule has 0 radical (unpaired) electrons. The van der Waals surface area contributed by atoms with Gasteiger partial charge in [-0.25, -0.2) is 18.7 Å². The number of nitriles is 1. The third kappa shape index (κ3) is 4.83. The first-order chi connectivity index (χ1) is 20.6. The fourth-order valence-corrected chi connectivity index (χ4v) is 6.76. The van der Waals surface area contributed by atoms with E-state index >= 15 is 4.39 Å². The van der Waals surface area contributed by atoms with Gasteiger partial charge in [0.2, 0.25) is 5.95 Å². The van der Waals surface area contributed by atoms with Gasteiger partial charge in [0.05, 0.1) is 21.3 Å². The van der Waals surface area contributed by atoms with Crippen molar-refractivity contribution in [2.45, 2.75) is 13.0 Å². The molecule has 0 aliphatic carbocycles. The predicted molar refractivity (Wildman–Crippen MR) is 170 cm³/mol. The maximum Gasteiger partial charge on any atom is 0.228 e. The summed E-state index contributed by atoms with van der Waals surface area (Å²) >= 11 is 7.76. The second-order valence-corrected chi connectivity index (χ2v) is 12.1. The molecule has 4 heterocycles. The summed E-state index contributed by atoms with van der Waals surface area (Å²) in [5.74, 6) is -0.0345. The molecule has 0 bridgehead atoms. The van der Waals surface area contributed by atoms with Crippen LogP contribution in [0.5, 0.6) is 0 Å². The van der Waals surface area contributed by atoms with Crippen molar-refractivity contribution in [1.29, 1.82) is 5.26 Å². The van der Waals surface area contributed by atoms with Gasteiger partial charge in [-0.05, 0) is 37.7 Å². The molecule has 1 aliphatic rings. The molecule has 0 amide bonds. The van der Waals surface area contributed by atoms with Gasteiger partial charge < -0.3 is 26.2 Å². The number of pyridine rings is 1. The normalized spacial score (nSPS) is 14.8. The van der Waals surface area contributed by atoms with Gasteiger partial charge in [0.15, 0.2) is 5.82 Å². The number of hydrogen-bond donors (Lipinski definition) is 2. The highest BCUT2D eigenvalue weighted by molar-refractivity contribution is 7.23. The highest BCUT2D eigenvalue weighted by atomic mass is 35.5. The SMILES string of the molecule is C[C@H](c1cccnc1N)N(C)c1nc(N2CCN(C)CC2)nc2c(F)c(-c3ccc(F)c4sc(N)c(C#N)c34)c(Cl)cc12. The van der Waals surface area contributed by atoms with Crippen molar-refractivity contribution < 1.29 is 8.78 Å². The smallest absolute Gasteiger partial charge is 0.228 e. The molecule has 2 aromatic carbocycles. The van der Waals surface area contributed by atoms with Crippen LogP contribution in [0.3, 0.4) is 0 Å². The minimum atomic E-state index is -0.704. The van der Waals surface area contributed by atoms with E-state index in [-0.39, 0.29) is 48.4 Å². The average Bonchev–Trinajstić information content (AvgIpc) is 3.34. The molecule has 1 aliphatic heterocycles. The topological polar surface area (TPSA) is 124 Å². The Morgan fingerprint density at radius 1 is 1.14 bits per heavy atom. The third-order valence-corrected chi connectivity index (χ3v) is 9.40. The van der Waals surface area contributed by atoms with E-state index in [0.29, 0.717) is 36.1 Å². The number of benzene rings is 2. The van der Waals surface area contributed by atoms with Crippen LogP contribution in [-0.4, -0.2) is 60.1 Å². The van der Waals surface area contributed by atoms with Crippen LogP contribution in [0.2, 0.25) is 5.02 Å². The van der Waals surface area contributed by atoms with Crippen molar-refractivity contribution in [2.75, 3.05) is 61.5 Å². The zero-order chi connectivity index (χ0) is 30.6. The Bertz CT molecular complexity index is 1930. The summed E-state index contributed by atoms with van der Waals surface area (Å²) in [4.78, 5) is 20.0. The second kappa shape index (κ2) is 11.1. The molecule has 13 heteroatoms. The van der Waals surface area contributed by atoms with Crippen molar-refractivity contribution in [3.05, 3.63) is 64.3 Å². The van der Waals surface area contributed by atoms with E-state index < -0.39 is 11.6 Å². The van der Waals surface area contributed by atoms with Crippen molar-refractivity contribution in [2.24, 2.45) is 0 Å². The Labute approximate surface area is 255 Å². The van der Waals surface area contributed by atoms with E-state index in [1.807, 2.05) is 49.0 Å². The van der Waals surface area contributed by atoms with Gasteiger partial charge in [0, 0.05) is 61.3 Å². The van der Waals surface area contributed by atoms with E-state index in [1.54, 1.807) is 12.3 Å². The number of rotatable bonds is 5. The molecule has 3 aromatic heterocycles. The largest absolute Gasteiger partial charge is 0.389 e. The van der Waals surface area contributed by atoms with Crippen LogP contribution in [0.4, 0.5) is 31.4 Å². The summed E-state index contributed by atoms with van der Waals surface area (Å²) in [6.45, 7) is 4.89. The van der Waals surface area contributed by atoms with E-state index in [2.05, 4.69) is 9.88 Å². The Kier molecular flexibility index (Phi) is 7.41. The van der Waals surface area contributed by atoms with Gasteiger partial charge in [-0.3, -0.25) is 0 Å². The molecule has 1 fully saturated rings. The van der Waals surface area contributed by atoms with Gasteiger partial charge >= 0.3 is 0 Å². The summed E-state index contributed by atoms with van der Waals surface area (Å²) < 4.78 is 31.8. The number of likely N-dealkylation sites (N-methyl/N-ethyl adjacent to an activating group) is 1. The molecule has 5 aromatic rings. The molecule has 1 atom stereocenters. The van der Waals surface area contributed by atoms with Crippen molar-refractivity contribution in [3.8, 4) is 17.2 Å². The monoisotopic (exact) mass is 619 g/mol. The Morgan fingerprint density at radius 2 is 1.88 bits per heavy atom.